The van der Waals surface area contributed by atoms with Crippen molar-refractivity contribution >= 4 is 5.91 Å². The lowest BCUT2D eigenvalue weighted by atomic mass is 9.94. The van der Waals surface area contributed by atoms with Gasteiger partial charge in [-0.1, -0.05) is 0 Å². The van der Waals surface area contributed by atoms with E-state index in [0.717, 1.165) is 25.3 Å². The number of amides is 1. The Kier molecular flexibility index (Phi) is 4.75. The predicted molar refractivity (Wildman–Crippen MR) is 69.9 cm³/mol. The number of nitrogens with zero attached hydrogens (tertiary/aromatic N) is 2. The maximum absolute atomic E-state index is 11.7. The fourth-order valence-corrected chi connectivity index (χ4v) is 2.34. The summed E-state index contributed by atoms with van der Waals surface area (Å²) in [5.74, 6) is 1.68. The number of rotatable bonds is 5. The van der Waals surface area contributed by atoms with Crippen LogP contribution in [0, 0.1) is 5.92 Å². The minimum atomic E-state index is 0.128. The number of hydrogen-bond acceptors (Lipinski definition) is 3. The van der Waals surface area contributed by atoms with E-state index in [0.29, 0.717) is 18.9 Å². The van der Waals surface area contributed by atoms with Crippen LogP contribution in [0.15, 0.2) is 12.4 Å². The standard InChI is InChI=1S/C13H22N4O/c1-17-8-7-15-12(17)10-16-13(18)5-4-11-3-2-6-14-9-11/h7-8,11,14H,2-6,9-10H2,1H3,(H,16,18). The van der Waals surface area contributed by atoms with Crippen LogP contribution in [0.1, 0.15) is 31.5 Å². The number of aromatic nitrogens is 2. The van der Waals surface area contributed by atoms with E-state index in [-0.39, 0.29) is 5.91 Å². The molecule has 1 aromatic heterocycles. The third-order valence-corrected chi connectivity index (χ3v) is 3.54. The molecule has 1 amide bonds. The number of carbonyl (C=O) groups excluding carboxylic acids is 1. The fraction of sp³-hybridized carbons (Fsp3) is 0.692. The fourth-order valence-electron chi connectivity index (χ4n) is 2.34. The number of hydrogen-bond donors (Lipinski definition) is 2. The Bertz CT molecular complexity index is 382. The van der Waals surface area contributed by atoms with Crippen LogP contribution in [-0.4, -0.2) is 28.5 Å². The minimum Gasteiger partial charge on any atom is -0.349 e. The molecule has 5 nitrogen and oxygen atoms in total. The minimum absolute atomic E-state index is 0.128. The molecular weight excluding hydrogens is 228 g/mol. The van der Waals surface area contributed by atoms with Crippen LogP contribution in [0.5, 0.6) is 0 Å². The molecule has 100 valence electrons. The topological polar surface area (TPSA) is 59.0 Å². The third-order valence-electron chi connectivity index (χ3n) is 3.54. The summed E-state index contributed by atoms with van der Waals surface area (Å²) >= 11 is 0. The lowest BCUT2D eigenvalue weighted by Gasteiger charge is -2.22. The largest absolute Gasteiger partial charge is 0.349 e. The normalized spacial score (nSPS) is 19.7. The van der Waals surface area contributed by atoms with Gasteiger partial charge in [0.25, 0.3) is 0 Å². The van der Waals surface area contributed by atoms with E-state index in [1.807, 2.05) is 17.8 Å². The number of nitrogens with one attached hydrogen (secondary N) is 2. The molecule has 0 saturated carbocycles. The predicted octanol–water partition coefficient (Wildman–Crippen LogP) is 0.816. The number of carbonyl (C=O) groups is 1. The SMILES string of the molecule is Cn1ccnc1CNC(=O)CCC1CCCNC1. The molecule has 0 bridgehead atoms. The van der Waals surface area contributed by atoms with Gasteiger partial charge in [-0.15, -0.1) is 0 Å². The van der Waals surface area contributed by atoms with E-state index < -0.39 is 0 Å². The summed E-state index contributed by atoms with van der Waals surface area (Å²) in [4.78, 5) is 15.9. The average molecular weight is 250 g/mol. The summed E-state index contributed by atoms with van der Waals surface area (Å²) in [6, 6.07) is 0. The van der Waals surface area contributed by atoms with Crippen LogP contribution in [-0.2, 0) is 18.4 Å². The molecule has 2 heterocycles. The number of piperidine rings is 1. The molecule has 1 saturated heterocycles. The maximum Gasteiger partial charge on any atom is 0.220 e. The maximum atomic E-state index is 11.7. The first-order valence-corrected chi connectivity index (χ1v) is 6.69. The molecule has 1 aliphatic rings. The van der Waals surface area contributed by atoms with Crippen molar-refractivity contribution in [2.45, 2.75) is 32.2 Å². The second kappa shape index (κ2) is 6.54. The monoisotopic (exact) mass is 250 g/mol. The smallest absolute Gasteiger partial charge is 0.220 e. The first kappa shape index (κ1) is 13.1. The Morgan fingerprint density at radius 3 is 3.22 bits per heavy atom. The Balaban J connectivity index is 1.64. The Labute approximate surface area is 108 Å². The van der Waals surface area contributed by atoms with E-state index in [1.54, 1.807) is 6.20 Å². The molecule has 1 atom stereocenters. The Hall–Kier alpha value is -1.36. The molecule has 2 rings (SSSR count). The van der Waals surface area contributed by atoms with Gasteiger partial charge in [-0.3, -0.25) is 4.79 Å². The van der Waals surface area contributed by atoms with E-state index in [9.17, 15) is 4.79 Å². The molecule has 18 heavy (non-hydrogen) atoms. The average Bonchev–Trinajstić information content (AvgIpc) is 2.81. The molecule has 0 radical (unpaired) electrons. The van der Waals surface area contributed by atoms with Crippen molar-refractivity contribution in [3.05, 3.63) is 18.2 Å². The highest BCUT2D eigenvalue weighted by atomic mass is 16.1. The highest BCUT2D eigenvalue weighted by Crippen LogP contribution is 2.15. The molecule has 0 spiro atoms. The van der Waals surface area contributed by atoms with Gasteiger partial charge in [0.05, 0.1) is 6.54 Å². The second-order valence-corrected chi connectivity index (χ2v) is 4.98. The molecule has 1 unspecified atom stereocenters. The highest BCUT2D eigenvalue weighted by molar-refractivity contribution is 5.75. The van der Waals surface area contributed by atoms with Crippen molar-refractivity contribution in [2.75, 3.05) is 13.1 Å². The first-order chi connectivity index (χ1) is 8.75. The van der Waals surface area contributed by atoms with E-state index in [2.05, 4.69) is 15.6 Å². The van der Waals surface area contributed by atoms with Gasteiger partial charge in [-0.25, -0.2) is 4.98 Å². The van der Waals surface area contributed by atoms with Crippen molar-refractivity contribution < 1.29 is 4.79 Å². The van der Waals surface area contributed by atoms with E-state index in [4.69, 9.17) is 0 Å². The lowest BCUT2D eigenvalue weighted by molar-refractivity contribution is -0.121. The van der Waals surface area contributed by atoms with Gasteiger partial charge in [0, 0.05) is 25.9 Å². The van der Waals surface area contributed by atoms with E-state index in [1.165, 1.54) is 12.8 Å². The van der Waals surface area contributed by atoms with Crippen LogP contribution < -0.4 is 10.6 Å². The molecule has 0 aromatic carbocycles. The quantitative estimate of drug-likeness (QED) is 0.813. The Morgan fingerprint density at radius 1 is 1.67 bits per heavy atom. The summed E-state index contributed by atoms with van der Waals surface area (Å²) in [7, 11) is 1.93. The van der Waals surface area contributed by atoms with Crippen LogP contribution in [0.2, 0.25) is 0 Å². The summed E-state index contributed by atoms with van der Waals surface area (Å²) in [5, 5.41) is 6.30. The van der Waals surface area contributed by atoms with Gasteiger partial charge in [0.15, 0.2) is 0 Å². The van der Waals surface area contributed by atoms with Crippen LogP contribution >= 0.6 is 0 Å². The van der Waals surface area contributed by atoms with Crippen LogP contribution in [0.3, 0.4) is 0 Å². The van der Waals surface area contributed by atoms with Gasteiger partial charge in [0.2, 0.25) is 5.91 Å². The van der Waals surface area contributed by atoms with Gasteiger partial charge in [-0.05, 0) is 38.3 Å². The first-order valence-electron chi connectivity index (χ1n) is 6.69. The molecule has 1 aromatic rings. The van der Waals surface area contributed by atoms with Crippen molar-refractivity contribution in [3.63, 3.8) is 0 Å². The van der Waals surface area contributed by atoms with Crippen molar-refractivity contribution in [3.8, 4) is 0 Å². The van der Waals surface area contributed by atoms with Crippen molar-refractivity contribution in [2.24, 2.45) is 13.0 Å². The molecule has 0 aliphatic carbocycles. The zero-order valence-corrected chi connectivity index (χ0v) is 11.0. The van der Waals surface area contributed by atoms with Gasteiger partial charge < -0.3 is 15.2 Å². The summed E-state index contributed by atoms with van der Waals surface area (Å²) in [6.07, 6.45) is 7.72. The zero-order chi connectivity index (χ0) is 12.8. The van der Waals surface area contributed by atoms with Crippen LogP contribution in [0.25, 0.3) is 0 Å². The molecule has 1 aliphatic heterocycles. The van der Waals surface area contributed by atoms with E-state index >= 15 is 0 Å². The van der Waals surface area contributed by atoms with Crippen molar-refractivity contribution in [1.29, 1.82) is 0 Å². The summed E-state index contributed by atoms with van der Waals surface area (Å²) in [5.41, 5.74) is 0. The van der Waals surface area contributed by atoms with Crippen molar-refractivity contribution in [1.82, 2.24) is 20.2 Å². The van der Waals surface area contributed by atoms with Gasteiger partial charge >= 0.3 is 0 Å². The van der Waals surface area contributed by atoms with Crippen LogP contribution in [0.4, 0.5) is 0 Å². The van der Waals surface area contributed by atoms with Gasteiger partial charge in [0.1, 0.15) is 5.82 Å². The third kappa shape index (κ3) is 3.84. The number of imidazole rings is 1. The molecule has 2 N–H and O–H groups in total. The summed E-state index contributed by atoms with van der Waals surface area (Å²) in [6.45, 7) is 2.71. The molecule has 1 fully saturated rings. The summed E-state index contributed by atoms with van der Waals surface area (Å²) < 4.78 is 1.92. The molecular formula is C13H22N4O. The highest BCUT2D eigenvalue weighted by Gasteiger charge is 2.14. The Morgan fingerprint density at radius 2 is 2.56 bits per heavy atom. The second-order valence-electron chi connectivity index (χ2n) is 4.98. The van der Waals surface area contributed by atoms with Gasteiger partial charge in [-0.2, -0.15) is 0 Å². The number of aryl methyl sites for hydroxylation is 1. The molecule has 5 heteroatoms. The zero-order valence-electron chi connectivity index (χ0n) is 11.0. The lowest BCUT2D eigenvalue weighted by Crippen LogP contribution is -2.31.